The van der Waals surface area contributed by atoms with Crippen LogP contribution in [-0.2, 0) is 11.2 Å². The van der Waals surface area contributed by atoms with Gasteiger partial charge in [0.05, 0.1) is 12.6 Å². The third-order valence-electron chi connectivity index (χ3n) is 4.89. The second-order valence-corrected chi connectivity index (χ2v) is 6.54. The van der Waals surface area contributed by atoms with Gasteiger partial charge in [-0.3, -0.25) is 9.69 Å². The van der Waals surface area contributed by atoms with E-state index in [-0.39, 0.29) is 5.54 Å². The summed E-state index contributed by atoms with van der Waals surface area (Å²) in [5.41, 5.74) is 0.683. The van der Waals surface area contributed by atoms with Crippen molar-refractivity contribution in [3.05, 3.63) is 29.8 Å². The summed E-state index contributed by atoms with van der Waals surface area (Å²) in [6.45, 7) is 2.26. The molecule has 0 aliphatic heterocycles. The second-order valence-electron chi connectivity index (χ2n) is 6.54. The minimum atomic E-state index is -0.307. The van der Waals surface area contributed by atoms with Gasteiger partial charge >= 0.3 is 0 Å². The zero-order valence-corrected chi connectivity index (χ0v) is 13.7. The molecule has 116 valence electrons. The first-order valence-corrected chi connectivity index (χ1v) is 7.82. The van der Waals surface area contributed by atoms with E-state index in [1.165, 1.54) is 6.42 Å². The molecule has 1 aliphatic carbocycles. The van der Waals surface area contributed by atoms with Crippen molar-refractivity contribution in [2.24, 2.45) is 5.92 Å². The molecule has 0 radical (unpaired) electrons. The summed E-state index contributed by atoms with van der Waals surface area (Å²) in [6, 6.07) is 7.83. The highest BCUT2D eigenvalue weighted by atomic mass is 16.5. The van der Waals surface area contributed by atoms with Crippen LogP contribution in [0.15, 0.2) is 24.3 Å². The molecular formula is C18H27NO2. The lowest BCUT2D eigenvalue weighted by Crippen LogP contribution is -2.54. The first-order valence-electron chi connectivity index (χ1n) is 7.82. The Morgan fingerprint density at radius 2 is 2.10 bits per heavy atom. The van der Waals surface area contributed by atoms with Gasteiger partial charge < -0.3 is 4.74 Å². The third-order valence-corrected chi connectivity index (χ3v) is 4.89. The number of Topliss-reactive ketones (excluding diaryl/α,β-unsaturated/α-hetero) is 1. The highest BCUT2D eigenvalue weighted by Crippen LogP contribution is 2.37. The normalized spacial score (nSPS) is 25.9. The summed E-state index contributed by atoms with van der Waals surface area (Å²) in [7, 11) is 5.74. The Morgan fingerprint density at radius 1 is 1.38 bits per heavy atom. The Bertz CT molecular complexity index is 498. The van der Waals surface area contributed by atoms with E-state index in [2.05, 4.69) is 11.8 Å². The van der Waals surface area contributed by atoms with Gasteiger partial charge in [0.15, 0.2) is 5.78 Å². The van der Waals surface area contributed by atoms with Crippen molar-refractivity contribution in [3.63, 3.8) is 0 Å². The van der Waals surface area contributed by atoms with Crippen molar-refractivity contribution in [1.29, 1.82) is 0 Å². The Balaban J connectivity index is 2.23. The molecule has 0 bridgehead atoms. The monoisotopic (exact) mass is 289 g/mol. The van der Waals surface area contributed by atoms with Crippen molar-refractivity contribution in [2.45, 2.75) is 44.6 Å². The summed E-state index contributed by atoms with van der Waals surface area (Å²) < 4.78 is 5.38. The summed E-state index contributed by atoms with van der Waals surface area (Å²) in [6.07, 6.45) is 4.76. The number of methoxy groups -OCH3 is 1. The molecule has 0 N–H and O–H groups in total. The molecule has 0 spiro atoms. The maximum absolute atomic E-state index is 13.0. The zero-order valence-electron chi connectivity index (χ0n) is 13.7. The number of hydrogen-bond acceptors (Lipinski definition) is 3. The van der Waals surface area contributed by atoms with Gasteiger partial charge in [-0.15, -0.1) is 0 Å². The van der Waals surface area contributed by atoms with E-state index in [0.29, 0.717) is 18.1 Å². The van der Waals surface area contributed by atoms with E-state index in [1.54, 1.807) is 7.11 Å². The fourth-order valence-electron chi connectivity index (χ4n) is 3.62. The molecule has 21 heavy (non-hydrogen) atoms. The van der Waals surface area contributed by atoms with Crippen molar-refractivity contribution in [1.82, 2.24) is 4.90 Å². The summed E-state index contributed by atoms with van der Waals surface area (Å²) >= 11 is 0. The SMILES string of the molecule is COc1ccccc1CC(=O)C1(N(C)C)CCCC(C)C1. The highest BCUT2D eigenvalue weighted by molar-refractivity contribution is 5.90. The predicted octanol–water partition coefficient (Wildman–Crippen LogP) is 3.32. The van der Waals surface area contributed by atoms with Gasteiger partial charge in [0.25, 0.3) is 0 Å². The van der Waals surface area contributed by atoms with Crippen LogP contribution in [0.4, 0.5) is 0 Å². The Labute approximate surface area is 128 Å². The summed E-state index contributed by atoms with van der Waals surface area (Å²) in [5.74, 6) is 1.75. The van der Waals surface area contributed by atoms with E-state index in [4.69, 9.17) is 4.74 Å². The van der Waals surface area contributed by atoms with Crippen LogP contribution in [0.1, 0.15) is 38.2 Å². The quantitative estimate of drug-likeness (QED) is 0.833. The number of likely N-dealkylation sites (N-methyl/N-ethyl adjacent to an activating group) is 1. The Hall–Kier alpha value is -1.35. The predicted molar refractivity (Wildman–Crippen MR) is 85.8 cm³/mol. The molecule has 2 unspecified atom stereocenters. The number of benzene rings is 1. The second kappa shape index (κ2) is 6.61. The molecule has 3 heteroatoms. The van der Waals surface area contributed by atoms with Gasteiger partial charge in [0, 0.05) is 12.0 Å². The van der Waals surface area contributed by atoms with Gasteiger partial charge in [0.1, 0.15) is 5.75 Å². The van der Waals surface area contributed by atoms with Gasteiger partial charge in [0.2, 0.25) is 0 Å². The highest BCUT2D eigenvalue weighted by Gasteiger charge is 2.43. The topological polar surface area (TPSA) is 29.5 Å². The van der Waals surface area contributed by atoms with Crippen LogP contribution in [0, 0.1) is 5.92 Å². The number of ether oxygens (including phenoxy) is 1. The maximum Gasteiger partial charge on any atom is 0.157 e. The zero-order chi connectivity index (χ0) is 15.5. The lowest BCUT2D eigenvalue weighted by molar-refractivity contribution is -0.132. The van der Waals surface area contributed by atoms with Crippen LogP contribution in [0.2, 0.25) is 0 Å². The summed E-state index contributed by atoms with van der Waals surface area (Å²) in [4.78, 5) is 15.2. The number of carbonyl (C=O) groups is 1. The van der Waals surface area contributed by atoms with Gasteiger partial charge in [-0.05, 0) is 38.9 Å². The number of carbonyl (C=O) groups excluding carboxylic acids is 1. The fraction of sp³-hybridized carbons (Fsp3) is 0.611. The molecule has 1 aliphatic rings. The smallest absolute Gasteiger partial charge is 0.157 e. The number of para-hydroxylation sites is 1. The average Bonchev–Trinajstić information content (AvgIpc) is 2.47. The van der Waals surface area contributed by atoms with Crippen molar-refractivity contribution in [2.75, 3.05) is 21.2 Å². The average molecular weight is 289 g/mol. The van der Waals surface area contributed by atoms with Crippen LogP contribution in [0.5, 0.6) is 5.75 Å². The van der Waals surface area contributed by atoms with E-state index in [0.717, 1.165) is 30.6 Å². The molecule has 0 aromatic heterocycles. The molecule has 1 saturated carbocycles. The molecule has 3 nitrogen and oxygen atoms in total. The number of hydrogen-bond donors (Lipinski definition) is 0. The van der Waals surface area contributed by atoms with Crippen molar-refractivity contribution < 1.29 is 9.53 Å². The Kier molecular flexibility index (Phi) is 5.04. The molecule has 0 saturated heterocycles. The van der Waals surface area contributed by atoms with Gasteiger partial charge in [-0.1, -0.05) is 38.0 Å². The van der Waals surface area contributed by atoms with Crippen LogP contribution >= 0.6 is 0 Å². The molecule has 0 heterocycles. The van der Waals surface area contributed by atoms with Crippen molar-refractivity contribution in [3.8, 4) is 5.75 Å². The lowest BCUT2D eigenvalue weighted by Gasteiger charge is -2.44. The molecule has 2 rings (SSSR count). The van der Waals surface area contributed by atoms with Crippen LogP contribution < -0.4 is 4.74 Å². The fourth-order valence-corrected chi connectivity index (χ4v) is 3.62. The minimum Gasteiger partial charge on any atom is -0.496 e. The van der Waals surface area contributed by atoms with E-state index < -0.39 is 0 Å². The number of ketones is 1. The minimum absolute atomic E-state index is 0.307. The maximum atomic E-state index is 13.0. The van der Waals surface area contributed by atoms with Gasteiger partial charge in [-0.25, -0.2) is 0 Å². The van der Waals surface area contributed by atoms with Crippen LogP contribution in [0.25, 0.3) is 0 Å². The van der Waals surface area contributed by atoms with E-state index in [1.807, 2.05) is 38.4 Å². The molecule has 0 amide bonds. The van der Waals surface area contributed by atoms with Crippen LogP contribution in [0.3, 0.4) is 0 Å². The largest absolute Gasteiger partial charge is 0.496 e. The van der Waals surface area contributed by atoms with Crippen molar-refractivity contribution >= 4 is 5.78 Å². The first kappa shape index (κ1) is 16.0. The van der Waals surface area contributed by atoms with E-state index >= 15 is 0 Å². The standard InChI is InChI=1S/C18H27NO2/c1-14-8-7-11-18(13-14,19(2)3)17(20)12-15-9-5-6-10-16(15)21-4/h5-6,9-10,14H,7-8,11-13H2,1-4H3. The molecule has 1 aromatic rings. The van der Waals surface area contributed by atoms with E-state index in [9.17, 15) is 4.79 Å². The summed E-state index contributed by atoms with van der Waals surface area (Å²) in [5, 5.41) is 0. The molecule has 1 fully saturated rings. The first-order chi connectivity index (χ1) is 9.99. The Morgan fingerprint density at radius 3 is 2.71 bits per heavy atom. The number of nitrogens with zero attached hydrogens (tertiary/aromatic N) is 1. The molecule has 2 atom stereocenters. The van der Waals surface area contributed by atoms with Crippen LogP contribution in [-0.4, -0.2) is 37.4 Å². The molecular weight excluding hydrogens is 262 g/mol. The lowest BCUT2D eigenvalue weighted by atomic mass is 9.72. The van der Waals surface area contributed by atoms with Gasteiger partial charge in [-0.2, -0.15) is 0 Å². The number of rotatable bonds is 5. The molecule has 1 aromatic carbocycles. The third kappa shape index (κ3) is 3.29.